The average molecular weight is 458 g/mol. The van der Waals surface area contributed by atoms with Gasteiger partial charge in [0.1, 0.15) is 5.75 Å². The Morgan fingerprint density at radius 3 is 2.84 bits per heavy atom. The van der Waals surface area contributed by atoms with Gasteiger partial charge in [0.05, 0.1) is 18.6 Å². The van der Waals surface area contributed by atoms with E-state index in [-0.39, 0.29) is 17.6 Å². The Morgan fingerprint density at radius 2 is 2.06 bits per heavy atom. The van der Waals surface area contributed by atoms with Crippen LogP contribution in [0, 0.1) is 0 Å². The molecule has 1 atom stereocenters. The predicted octanol–water partition coefficient (Wildman–Crippen LogP) is 2.72. The van der Waals surface area contributed by atoms with E-state index in [1.54, 1.807) is 47.5 Å². The Bertz CT molecular complexity index is 1040. The number of hydrogen-bond acceptors (Lipinski definition) is 7. The molecule has 2 heterocycles. The molecule has 0 bridgehead atoms. The maximum absolute atomic E-state index is 12.9. The number of halogens is 1. The number of benzene rings is 2. The van der Waals surface area contributed by atoms with Crippen molar-refractivity contribution < 1.29 is 14.3 Å². The Kier molecular flexibility index (Phi) is 6.34. The maximum Gasteiger partial charge on any atom is 0.276 e. The summed E-state index contributed by atoms with van der Waals surface area (Å²) in [4.78, 5) is 28.4. The number of hydrazone groups is 1. The first kappa shape index (κ1) is 21.1. The van der Waals surface area contributed by atoms with Crippen LogP contribution < -0.4 is 20.4 Å². The van der Waals surface area contributed by atoms with Crippen LogP contribution in [-0.4, -0.2) is 40.9 Å². The summed E-state index contributed by atoms with van der Waals surface area (Å²) in [6.45, 7) is 0.418. The highest BCUT2D eigenvalue weighted by atomic mass is 35.5. The number of nitrogens with zero attached hydrogens (tertiary/aromatic N) is 3. The van der Waals surface area contributed by atoms with Gasteiger partial charge in [-0.1, -0.05) is 41.6 Å². The highest BCUT2D eigenvalue weighted by Gasteiger charge is 2.38. The van der Waals surface area contributed by atoms with Gasteiger partial charge in [-0.05, 0) is 29.8 Å². The summed E-state index contributed by atoms with van der Waals surface area (Å²) in [5.41, 5.74) is 4.51. The molecule has 1 unspecified atom stereocenters. The Morgan fingerprint density at radius 1 is 1.26 bits per heavy atom. The van der Waals surface area contributed by atoms with Crippen LogP contribution >= 0.6 is 23.4 Å². The van der Waals surface area contributed by atoms with Crippen molar-refractivity contribution in [3.63, 3.8) is 0 Å². The summed E-state index contributed by atoms with van der Waals surface area (Å²) in [6.07, 6.45) is 2.79. The molecule has 2 amide bonds. The van der Waals surface area contributed by atoms with E-state index in [0.29, 0.717) is 28.2 Å². The van der Waals surface area contributed by atoms with E-state index < -0.39 is 6.17 Å². The Labute approximate surface area is 188 Å². The number of carbonyl (C=O) groups is 2. The van der Waals surface area contributed by atoms with E-state index in [1.165, 1.54) is 11.8 Å². The van der Waals surface area contributed by atoms with Crippen LogP contribution in [0.2, 0.25) is 5.02 Å². The van der Waals surface area contributed by atoms with Gasteiger partial charge in [0.25, 0.3) is 5.91 Å². The monoisotopic (exact) mass is 457 g/mol. The maximum atomic E-state index is 12.9. The van der Waals surface area contributed by atoms with Gasteiger partial charge in [0.15, 0.2) is 5.17 Å². The van der Waals surface area contributed by atoms with Crippen LogP contribution in [0.25, 0.3) is 0 Å². The fourth-order valence-electron chi connectivity index (χ4n) is 3.08. The summed E-state index contributed by atoms with van der Waals surface area (Å²) in [6, 6.07) is 14.6. The van der Waals surface area contributed by atoms with Crippen LogP contribution in [0.5, 0.6) is 5.75 Å². The second-order valence-electron chi connectivity index (χ2n) is 6.73. The lowest BCUT2D eigenvalue weighted by Crippen LogP contribution is -2.52. The molecule has 0 fully saturated rings. The van der Waals surface area contributed by atoms with Crippen molar-refractivity contribution in [2.75, 3.05) is 17.8 Å². The van der Waals surface area contributed by atoms with Gasteiger partial charge in [-0.25, -0.2) is 0 Å². The molecule has 10 heteroatoms. The smallest absolute Gasteiger partial charge is 0.276 e. The zero-order valence-corrected chi connectivity index (χ0v) is 18.2. The molecule has 0 saturated heterocycles. The van der Waals surface area contributed by atoms with E-state index >= 15 is 0 Å². The number of ether oxygens (including phenoxy) is 1. The zero-order valence-electron chi connectivity index (χ0n) is 16.6. The second-order valence-corrected chi connectivity index (χ2v) is 8.11. The topological polar surface area (TPSA) is 86.3 Å². The van der Waals surface area contributed by atoms with E-state index in [2.05, 4.69) is 15.8 Å². The molecule has 2 aromatic rings. The van der Waals surface area contributed by atoms with Crippen molar-refractivity contribution in [2.45, 2.75) is 12.7 Å². The van der Waals surface area contributed by atoms with Crippen molar-refractivity contribution in [3.05, 3.63) is 71.5 Å². The number of nitrogens with one attached hydrogen (secondary N) is 2. The number of methoxy groups -OCH3 is 1. The van der Waals surface area contributed by atoms with Crippen molar-refractivity contribution in [3.8, 4) is 5.75 Å². The molecule has 31 heavy (non-hydrogen) atoms. The Balaban J connectivity index is 1.33. The molecule has 8 nitrogen and oxygen atoms in total. The van der Waals surface area contributed by atoms with Crippen LogP contribution in [-0.2, 0) is 16.1 Å². The number of anilines is 1. The number of fused-ring (bicyclic) bond motifs is 1. The van der Waals surface area contributed by atoms with Crippen LogP contribution in [0.1, 0.15) is 5.56 Å². The van der Waals surface area contributed by atoms with E-state index in [1.807, 2.05) is 30.3 Å². The predicted molar refractivity (Wildman–Crippen MR) is 122 cm³/mol. The zero-order chi connectivity index (χ0) is 21.8. The minimum Gasteiger partial charge on any atom is -0.497 e. The molecule has 2 aromatic carbocycles. The molecule has 0 aliphatic carbocycles. The quantitative estimate of drug-likeness (QED) is 0.693. The van der Waals surface area contributed by atoms with E-state index in [4.69, 9.17) is 16.3 Å². The highest BCUT2D eigenvalue weighted by Crippen LogP contribution is 2.27. The van der Waals surface area contributed by atoms with Gasteiger partial charge in [-0.15, -0.1) is 0 Å². The third-order valence-corrected chi connectivity index (χ3v) is 5.91. The third kappa shape index (κ3) is 4.78. The van der Waals surface area contributed by atoms with Crippen LogP contribution in [0.15, 0.2) is 66.0 Å². The number of thioether (sulfide) groups is 1. The first-order valence-corrected chi connectivity index (χ1v) is 10.8. The van der Waals surface area contributed by atoms with Gasteiger partial charge < -0.3 is 10.1 Å². The highest BCUT2D eigenvalue weighted by molar-refractivity contribution is 8.14. The second kappa shape index (κ2) is 9.32. The minimum absolute atomic E-state index is 0.128. The first-order chi connectivity index (χ1) is 15.0. The van der Waals surface area contributed by atoms with Crippen molar-refractivity contribution in [2.24, 2.45) is 5.10 Å². The summed E-state index contributed by atoms with van der Waals surface area (Å²) in [5.74, 6) is 0.537. The summed E-state index contributed by atoms with van der Waals surface area (Å²) in [5, 5.41) is 8.30. The van der Waals surface area contributed by atoms with Crippen molar-refractivity contribution in [1.82, 2.24) is 15.6 Å². The van der Waals surface area contributed by atoms with Gasteiger partial charge >= 0.3 is 0 Å². The van der Waals surface area contributed by atoms with Crippen molar-refractivity contribution >= 4 is 46.0 Å². The number of amides is 2. The molecule has 160 valence electrons. The molecule has 2 N–H and O–H groups in total. The Hall–Kier alpha value is -3.17. The number of carbonyl (C=O) groups excluding carboxylic acids is 2. The number of amidine groups is 1. The lowest BCUT2D eigenvalue weighted by molar-refractivity contribution is -0.122. The molecule has 4 rings (SSSR count). The lowest BCUT2D eigenvalue weighted by Gasteiger charge is -2.32. The molecule has 0 saturated carbocycles. The number of hydrogen-bond donors (Lipinski definition) is 2. The largest absolute Gasteiger partial charge is 0.497 e. The van der Waals surface area contributed by atoms with Crippen LogP contribution in [0.3, 0.4) is 0 Å². The third-order valence-electron chi connectivity index (χ3n) is 4.70. The fraction of sp³-hybridized carbons (Fsp3) is 0.190. The summed E-state index contributed by atoms with van der Waals surface area (Å²) < 4.78 is 5.23. The minimum atomic E-state index is -0.657. The van der Waals surface area contributed by atoms with E-state index in [0.717, 1.165) is 5.56 Å². The molecule has 2 aliphatic heterocycles. The van der Waals surface area contributed by atoms with Crippen molar-refractivity contribution in [1.29, 1.82) is 0 Å². The first-order valence-electron chi connectivity index (χ1n) is 9.46. The van der Waals surface area contributed by atoms with Gasteiger partial charge in [-0.3, -0.25) is 24.8 Å². The van der Waals surface area contributed by atoms with Gasteiger partial charge in [0, 0.05) is 30.0 Å². The number of rotatable bonds is 6. The molecular formula is C21H20ClN5O3S. The SMILES string of the molecule is COc1cccc(N2C=CN3C(SCC(=O)NCc4ccc(Cl)cc4)=NNC3C2=O)c1. The van der Waals surface area contributed by atoms with E-state index in [9.17, 15) is 9.59 Å². The molecule has 0 spiro atoms. The molecule has 2 aliphatic rings. The fourth-order valence-corrected chi connectivity index (χ4v) is 4.00. The van der Waals surface area contributed by atoms with Gasteiger partial charge in [-0.2, -0.15) is 5.10 Å². The average Bonchev–Trinajstić information content (AvgIpc) is 3.21. The summed E-state index contributed by atoms with van der Waals surface area (Å²) in [7, 11) is 1.58. The molecule has 0 radical (unpaired) electrons. The lowest BCUT2D eigenvalue weighted by atomic mass is 10.2. The summed E-state index contributed by atoms with van der Waals surface area (Å²) >= 11 is 7.13. The molecular weight excluding hydrogens is 438 g/mol. The van der Waals surface area contributed by atoms with Gasteiger partial charge in [0.2, 0.25) is 12.1 Å². The van der Waals surface area contributed by atoms with Crippen LogP contribution in [0.4, 0.5) is 5.69 Å². The standard InChI is InChI=1S/C21H20ClN5O3S/c1-30-17-4-2-3-16(11-17)26-9-10-27-19(20(26)29)24-25-21(27)31-13-18(28)23-12-14-5-7-15(22)8-6-14/h2-11,19,24H,12-13H2,1H3,(H,23,28). The molecule has 0 aromatic heterocycles. The normalized spacial score (nSPS) is 17.2.